The number of esters is 1. The van der Waals surface area contributed by atoms with Crippen LogP contribution in [0.5, 0.6) is 5.75 Å². The zero-order valence-electron chi connectivity index (χ0n) is 18.7. The van der Waals surface area contributed by atoms with Crippen molar-refractivity contribution in [3.63, 3.8) is 0 Å². The molecule has 9 bridgehead atoms. The summed E-state index contributed by atoms with van der Waals surface area (Å²) >= 11 is 0. The van der Waals surface area contributed by atoms with Crippen LogP contribution in [0.1, 0.15) is 32.1 Å². The zero-order valence-corrected chi connectivity index (χ0v) is 18.7. The van der Waals surface area contributed by atoms with Gasteiger partial charge >= 0.3 is 5.97 Å². The first kappa shape index (κ1) is 17.9. The molecule has 32 heavy (non-hydrogen) atoms. The van der Waals surface area contributed by atoms with Crippen molar-refractivity contribution in [2.75, 3.05) is 13.7 Å². The molecular weight excluding hydrogens is 400 g/mol. The molecule has 1 aromatic carbocycles. The summed E-state index contributed by atoms with van der Waals surface area (Å²) in [6.07, 6.45) is 6.12. The molecule has 9 fully saturated rings. The Kier molecular flexibility index (Phi) is 2.84. The maximum atomic E-state index is 14.0. The average molecular weight is 433 g/mol. The molecule has 1 aromatic rings. The van der Waals surface area contributed by atoms with Gasteiger partial charge in [-0.15, -0.1) is 0 Å². The monoisotopic (exact) mass is 432 g/mol. The largest absolute Gasteiger partial charge is 0.493 e. The predicted octanol–water partition coefficient (Wildman–Crippen LogP) is 3.78. The molecule has 9 aliphatic carbocycles. The maximum absolute atomic E-state index is 14.0. The van der Waals surface area contributed by atoms with Crippen molar-refractivity contribution >= 4 is 5.97 Å². The lowest BCUT2D eigenvalue weighted by molar-refractivity contribution is -0.271. The fourth-order valence-electron chi connectivity index (χ4n) is 13.7. The number of carbonyl (C=O) groups excluding carboxylic acids is 1. The van der Waals surface area contributed by atoms with Gasteiger partial charge in [0.15, 0.2) is 0 Å². The number of carbonyl (C=O) groups is 1. The fraction of sp³-hybridized carbons (Fsp3) is 0.750. The molecule has 10 rings (SSSR count). The Balaban J connectivity index is 1.32. The van der Waals surface area contributed by atoms with Crippen molar-refractivity contribution in [1.82, 2.24) is 0 Å². The molecule has 0 unspecified atom stereocenters. The van der Waals surface area contributed by atoms with Crippen LogP contribution >= 0.6 is 0 Å². The molecule has 0 spiro atoms. The van der Waals surface area contributed by atoms with Crippen LogP contribution < -0.4 is 4.74 Å². The second-order valence-electron chi connectivity index (χ2n) is 12.7. The molecule has 9 saturated carbocycles. The molecule has 0 aliphatic heterocycles. The Labute approximate surface area is 189 Å². The molecule has 0 aromatic heterocycles. The van der Waals surface area contributed by atoms with Crippen LogP contribution in [0.3, 0.4) is 0 Å². The molecule has 0 amide bonds. The Morgan fingerprint density at radius 1 is 0.938 bits per heavy atom. The highest BCUT2D eigenvalue weighted by Gasteiger charge is 3.02. The van der Waals surface area contributed by atoms with Gasteiger partial charge in [0.2, 0.25) is 0 Å². The van der Waals surface area contributed by atoms with Crippen molar-refractivity contribution in [2.24, 2.45) is 75.9 Å². The van der Waals surface area contributed by atoms with Gasteiger partial charge in [0.25, 0.3) is 0 Å². The minimum absolute atomic E-state index is 0.0618. The number of aliphatic hydroxyl groups is 1. The number of rotatable bonds is 4. The summed E-state index contributed by atoms with van der Waals surface area (Å²) in [6.45, 7) is 0.580. The quantitative estimate of drug-likeness (QED) is 0.736. The molecule has 0 heterocycles. The smallest absolute Gasteiger partial charge is 0.315 e. The van der Waals surface area contributed by atoms with E-state index in [9.17, 15) is 9.90 Å². The molecule has 1 N–H and O–H groups in total. The number of methoxy groups -OCH3 is 1. The van der Waals surface area contributed by atoms with Gasteiger partial charge in [0.1, 0.15) is 11.2 Å². The van der Waals surface area contributed by atoms with E-state index in [1.807, 2.05) is 30.3 Å². The van der Waals surface area contributed by atoms with Crippen LogP contribution in [0, 0.1) is 75.9 Å². The van der Waals surface area contributed by atoms with Crippen LogP contribution in [0.2, 0.25) is 0 Å². The number of fused-ring (bicyclic) bond motifs is 1. The maximum Gasteiger partial charge on any atom is 0.315 e. The van der Waals surface area contributed by atoms with E-state index in [1.165, 1.54) is 25.7 Å². The minimum atomic E-state index is -0.946. The molecule has 0 radical (unpaired) electrons. The standard InChI is InChI=1S/C28H32O4/c1-31-25(29)27-22-15-9-5-8-14(15)21-19(22)20-23(27)16-10-11-17-18(16)24(20)26(21,28(17,27)30)12-32-13-6-3-2-4-7-13/h2-4,6-7,14-24,30H,5,8-12H2,1H3/t14-,15+,16+,17+,18+,19-,20+,21+,22-,23-,24-,26+,27-,28-/m0/s1. The third-order valence-electron chi connectivity index (χ3n) is 13.2. The summed E-state index contributed by atoms with van der Waals surface area (Å²) in [7, 11) is 1.57. The molecule has 0 saturated heterocycles. The second-order valence-corrected chi connectivity index (χ2v) is 12.7. The second kappa shape index (κ2) is 5.09. The minimum Gasteiger partial charge on any atom is -0.493 e. The van der Waals surface area contributed by atoms with E-state index in [0.717, 1.165) is 12.2 Å². The van der Waals surface area contributed by atoms with Crippen molar-refractivity contribution in [2.45, 2.75) is 37.7 Å². The number of ether oxygens (including phenoxy) is 2. The third-order valence-corrected chi connectivity index (χ3v) is 13.2. The van der Waals surface area contributed by atoms with Crippen LogP contribution in [0.25, 0.3) is 0 Å². The summed E-state index contributed by atoms with van der Waals surface area (Å²) in [5.74, 6) is 6.66. The average Bonchev–Trinajstić information content (AvgIpc) is 3.59. The lowest BCUT2D eigenvalue weighted by Gasteiger charge is -2.63. The van der Waals surface area contributed by atoms with Gasteiger partial charge in [-0.2, -0.15) is 0 Å². The highest BCUT2D eigenvalue weighted by atomic mass is 16.5. The summed E-state index contributed by atoms with van der Waals surface area (Å²) < 4.78 is 12.3. The van der Waals surface area contributed by atoms with E-state index >= 15 is 0 Å². The Morgan fingerprint density at radius 2 is 1.66 bits per heavy atom. The molecule has 9 aliphatic rings. The first-order valence-electron chi connectivity index (χ1n) is 13.1. The SMILES string of the molecule is COC(=O)[C@@]12[C@H]3[C@@H]4CC[C@@H]5[C@@H]4[C@H]4[C@@H]3[C@H]3[C@@H]([C@H]6CCC[C@H]6[C@@H]31)[C@@]4(COc1ccccc1)[C@@]52O. The van der Waals surface area contributed by atoms with Crippen molar-refractivity contribution < 1.29 is 19.4 Å². The first-order valence-corrected chi connectivity index (χ1v) is 13.1. The number of hydrogen-bond donors (Lipinski definition) is 1. The van der Waals surface area contributed by atoms with Crippen LogP contribution in [-0.4, -0.2) is 30.4 Å². The van der Waals surface area contributed by atoms with E-state index in [4.69, 9.17) is 9.47 Å². The van der Waals surface area contributed by atoms with E-state index in [2.05, 4.69) is 0 Å². The lowest BCUT2D eigenvalue weighted by atomic mass is 9.42. The Bertz CT molecular complexity index is 1050. The lowest BCUT2D eigenvalue weighted by Crippen LogP contribution is -2.74. The number of hydrogen-bond acceptors (Lipinski definition) is 4. The molecular formula is C28H32O4. The molecule has 14 atom stereocenters. The van der Waals surface area contributed by atoms with Gasteiger partial charge in [-0.3, -0.25) is 4.79 Å². The van der Waals surface area contributed by atoms with Crippen LogP contribution in [-0.2, 0) is 9.53 Å². The van der Waals surface area contributed by atoms with Gasteiger partial charge < -0.3 is 14.6 Å². The van der Waals surface area contributed by atoms with E-state index in [1.54, 1.807) is 7.11 Å². The highest BCUT2D eigenvalue weighted by Crippen LogP contribution is 2.98. The summed E-state index contributed by atoms with van der Waals surface area (Å²) in [5.41, 5.74) is -1.89. The number of benzene rings is 1. The van der Waals surface area contributed by atoms with E-state index < -0.39 is 11.0 Å². The first-order chi connectivity index (χ1) is 15.6. The van der Waals surface area contributed by atoms with Crippen molar-refractivity contribution in [3.8, 4) is 5.75 Å². The predicted molar refractivity (Wildman–Crippen MR) is 115 cm³/mol. The third kappa shape index (κ3) is 1.32. The molecule has 168 valence electrons. The zero-order chi connectivity index (χ0) is 21.2. The Hall–Kier alpha value is -1.55. The van der Waals surface area contributed by atoms with Gasteiger partial charge in [0, 0.05) is 5.41 Å². The molecule has 4 heteroatoms. The van der Waals surface area contributed by atoms with Crippen molar-refractivity contribution in [3.05, 3.63) is 30.3 Å². The summed E-state index contributed by atoms with van der Waals surface area (Å²) in [5, 5.41) is 13.2. The van der Waals surface area contributed by atoms with Gasteiger partial charge in [-0.1, -0.05) is 24.6 Å². The summed E-state index contributed by atoms with van der Waals surface area (Å²) in [4.78, 5) is 14.0. The fourth-order valence-corrected chi connectivity index (χ4v) is 13.7. The number of para-hydroxylation sites is 1. The topological polar surface area (TPSA) is 55.8 Å². The van der Waals surface area contributed by atoms with E-state index in [0.29, 0.717) is 65.8 Å². The van der Waals surface area contributed by atoms with Gasteiger partial charge in [-0.05, 0) is 103 Å². The molecule has 4 nitrogen and oxygen atoms in total. The van der Waals surface area contributed by atoms with Crippen LogP contribution in [0.15, 0.2) is 30.3 Å². The summed E-state index contributed by atoms with van der Waals surface area (Å²) in [6, 6.07) is 10.2. The van der Waals surface area contributed by atoms with E-state index in [-0.39, 0.29) is 17.3 Å². The van der Waals surface area contributed by atoms with Gasteiger partial charge in [-0.25, -0.2) is 0 Å². The normalized spacial score (nSPS) is 62.4. The highest BCUT2D eigenvalue weighted by molar-refractivity contribution is 5.83. The van der Waals surface area contributed by atoms with Gasteiger partial charge in [0.05, 0.1) is 19.3 Å². The van der Waals surface area contributed by atoms with Crippen molar-refractivity contribution in [1.29, 1.82) is 0 Å². The Morgan fingerprint density at radius 3 is 2.44 bits per heavy atom. The van der Waals surface area contributed by atoms with Crippen LogP contribution in [0.4, 0.5) is 0 Å².